The molecule has 6 heteroatoms. The Morgan fingerprint density at radius 2 is 1.89 bits per heavy atom. The average molecular weight is 267 g/mol. The monoisotopic (exact) mass is 267 g/mol. The molecular formula is C13H17NO5. The van der Waals surface area contributed by atoms with E-state index in [4.69, 9.17) is 19.4 Å². The van der Waals surface area contributed by atoms with Crippen LogP contribution >= 0.6 is 0 Å². The van der Waals surface area contributed by atoms with E-state index >= 15 is 0 Å². The highest BCUT2D eigenvalue weighted by molar-refractivity contribution is 5.84. The molecule has 0 saturated carbocycles. The van der Waals surface area contributed by atoms with Crippen molar-refractivity contribution in [1.82, 2.24) is 5.48 Å². The van der Waals surface area contributed by atoms with E-state index in [1.165, 1.54) is 0 Å². The second-order valence-electron chi connectivity index (χ2n) is 3.61. The summed E-state index contributed by atoms with van der Waals surface area (Å²) in [6.45, 7) is 4.04. The SMILES string of the molecule is C=C(NOCCCOc1ccc(OC)cc1)C(=O)O. The first kappa shape index (κ1) is 14.8. The van der Waals surface area contributed by atoms with Crippen LogP contribution in [0.15, 0.2) is 36.5 Å². The maximum atomic E-state index is 10.4. The van der Waals surface area contributed by atoms with Crippen LogP contribution < -0.4 is 15.0 Å². The highest BCUT2D eigenvalue weighted by Crippen LogP contribution is 2.16. The van der Waals surface area contributed by atoms with Crippen molar-refractivity contribution < 1.29 is 24.2 Å². The van der Waals surface area contributed by atoms with Crippen molar-refractivity contribution >= 4 is 5.97 Å². The summed E-state index contributed by atoms with van der Waals surface area (Å²) in [6.07, 6.45) is 0.617. The Balaban J connectivity index is 2.10. The third-order valence-electron chi connectivity index (χ3n) is 2.17. The van der Waals surface area contributed by atoms with Crippen molar-refractivity contribution in [2.24, 2.45) is 0 Å². The number of ether oxygens (including phenoxy) is 2. The van der Waals surface area contributed by atoms with Crippen LogP contribution in [-0.2, 0) is 9.63 Å². The van der Waals surface area contributed by atoms with Gasteiger partial charge in [0.15, 0.2) is 0 Å². The van der Waals surface area contributed by atoms with E-state index in [1.54, 1.807) is 7.11 Å². The molecule has 0 heterocycles. The zero-order valence-corrected chi connectivity index (χ0v) is 10.7. The van der Waals surface area contributed by atoms with Crippen LogP contribution in [0.3, 0.4) is 0 Å². The molecule has 6 nitrogen and oxygen atoms in total. The molecule has 0 aliphatic rings. The van der Waals surface area contributed by atoms with Gasteiger partial charge in [-0.2, -0.15) is 0 Å². The van der Waals surface area contributed by atoms with Crippen LogP contribution in [0.2, 0.25) is 0 Å². The minimum Gasteiger partial charge on any atom is -0.497 e. The number of hydrogen-bond donors (Lipinski definition) is 2. The average Bonchev–Trinajstić information content (AvgIpc) is 2.42. The van der Waals surface area contributed by atoms with Gasteiger partial charge in [0.25, 0.3) is 0 Å². The van der Waals surface area contributed by atoms with Crippen LogP contribution in [0.4, 0.5) is 0 Å². The fourth-order valence-corrected chi connectivity index (χ4v) is 1.17. The number of carbonyl (C=O) groups is 1. The molecule has 0 fully saturated rings. The third-order valence-corrected chi connectivity index (χ3v) is 2.17. The standard InChI is InChI=1S/C13H17NO5/c1-10(13(15)16)14-19-9-3-8-18-12-6-4-11(17-2)5-7-12/h4-7,14H,1,3,8-9H2,2H3,(H,15,16). The first-order chi connectivity index (χ1) is 9.13. The second kappa shape index (κ2) is 7.99. The lowest BCUT2D eigenvalue weighted by molar-refractivity contribution is -0.134. The minimum atomic E-state index is -1.14. The van der Waals surface area contributed by atoms with Crippen molar-refractivity contribution in [2.75, 3.05) is 20.3 Å². The van der Waals surface area contributed by atoms with Crippen LogP contribution in [-0.4, -0.2) is 31.4 Å². The van der Waals surface area contributed by atoms with Gasteiger partial charge in [-0.15, -0.1) is 0 Å². The molecule has 104 valence electrons. The molecule has 0 aliphatic heterocycles. The summed E-state index contributed by atoms with van der Waals surface area (Å²) in [5.41, 5.74) is 2.03. The molecule has 0 aliphatic carbocycles. The van der Waals surface area contributed by atoms with Gasteiger partial charge in [-0.25, -0.2) is 4.79 Å². The molecule has 0 aromatic heterocycles. The van der Waals surface area contributed by atoms with Crippen LogP contribution in [0.25, 0.3) is 0 Å². The van der Waals surface area contributed by atoms with Gasteiger partial charge in [0.05, 0.1) is 20.3 Å². The number of hydrogen-bond acceptors (Lipinski definition) is 5. The van der Waals surface area contributed by atoms with Gasteiger partial charge in [-0.1, -0.05) is 6.58 Å². The fraction of sp³-hybridized carbons (Fsp3) is 0.308. The lowest BCUT2D eigenvalue weighted by Gasteiger charge is -2.08. The Morgan fingerprint density at radius 3 is 2.47 bits per heavy atom. The van der Waals surface area contributed by atoms with Gasteiger partial charge >= 0.3 is 5.97 Å². The summed E-state index contributed by atoms with van der Waals surface area (Å²) >= 11 is 0. The number of carboxylic acid groups (broad SMARTS) is 1. The number of aliphatic carboxylic acids is 1. The molecule has 1 rings (SSSR count). The van der Waals surface area contributed by atoms with Crippen LogP contribution in [0.1, 0.15) is 6.42 Å². The summed E-state index contributed by atoms with van der Waals surface area (Å²) in [5.74, 6) is 0.366. The van der Waals surface area contributed by atoms with Gasteiger partial charge in [-0.3, -0.25) is 10.3 Å². The smallest absolute Gasteiger partial charge is 0.353 e. The molecule has 0 radical (unpaired) electrons. The fourth-order valence-electron chi connectivity index (χ4n) is 1.17. The van der Waals surface area contributed by atoms with E-state index in [0.717, 1.165) is 11.5 Å². The van der Waals surface area contributed by atoms with Crippen molar-refractivity contribution in [1.29, 1.82) is 0 Å². The molecule has 0 spiro atoms. The molecule has 0 amide bonds. The van der Waals surface area contributed by atoms with E-state index < -0.39 is 5.97 Å². The molecule has 19 heavy (non-hydrogen) atoms. The number of nitrogens with one attached hydrogen (secondary N) is 1. The molecule has 2 N–H and O–H groups in total. The second-order valence-corrected chi connectivity index (χ2v) is 3.61. The van der Waals surface area contributed by atoms with E-state index in [0.29, 0.717) is 19.6 Å². The Bertz CT molecular complexity index is 416. The van der Waals surface area contributed by atoms with E-state index in [1.807, 2.05) is 24.3 Å². The van der Waals surface area contributed by atoms with E-state index in [-0.39, 0.29) is 5.70 Å². The zero-order valence-electron chi connectivity index (χ0n) is 10.7. The molecule has 0 unspecified atom stereocenters. The predicted octanol–water partition coefficient (Wildman–Crippen LogP) is 1.58. The van der Waals surface area contributed by atoms with Gasteiger partial charge in [0.2, 0.25) is 0 Å². The third kappa shape index (κ3) is 5.78. The van der Waals surface area contributed by atoms with Crippen LogP contribution in [0, 0.1) is 0 Å². The number of rotatable bonds is 9. The van der Waals surface area contributed by atoms with Crippen molar-refractivity contribution in [3.05, 3.63) is 36.5 Å². The topological polar surface area (TPSA) is 77.0 Å². The number of carboxylic acids is 1. The van der Waals surface area contributed by atoms with Crippen molar-refractivity contribution in [2.45, 2.75) is 6.42 Å². The highest BCUT2D eigenvalue weighted by atomic mass is 16.6. The molecular weight excluding hydrogens is 250 g/mol. The summed E-state index contributed by atoms with van der Waals surface area (Å²) in [6, 6.07) is 7.24. The molecule has 0 bridgehead atoms. The maximum Gasteiger partial charge on any atom is 0.353 e. The van der Waals surface area contributed by atoms with Gasteiger partial charge in [0, 0.05) is 6.42 Å². The quantitative estimate of drug-likeness (QED) is 0.402. The maximum absolute atomic E-state index is 10.4. The Morgan fingerprint density at radius 1 is 1.26 bits per heavy atom. The molecule has 1 aromatic carbocycles. The van der Waals surface area contributed by atoms with Crippen molar-refractivity contribution in [3.8, 4) is 11.5 Å². The van der Waals surface area contributed by atoms with Gasteiger partial charge in [0.1, 0.15) is 17.2 Å². The summed E-state index contributed by atoms with van der Waals surface area (Å²) in [4.78, 5) is 15.3. The minimum absolute atomic E-state index is 0.198. The predicted molar refractivity (Wildman–Crippen MR) is 69.0 cm³/mol. The largest absolute Gasteiger partial charge is 0.497 e. The summed E-state index contributed by atoms with van der Waals surface area (Å²) < 4.78 is 10.5. The van der Waals surface area contributed by atoms with Crippen molar-refractivity contribution in [3.63, 3.8) is 0 Å². The number of benzene rings is 1. The Hall–Kier alpha value is -2.21. The van der Waals surface area contributed by atoms with Gasteiger partial charge < -0.3 is 14.6 Å². The summed E-state index contributed by atoms with van der Waals surface area (Å²) in [5, 5.41) is 8.50. The Kier molecular flexibility index (Phi) is 6.25. The van der Waals surface area contributed by atoms with Crippen LogP contribution in [0.5, 0.6) is 11.5 Å². The Labute approximate surface area is 111 Å². The normalized spacial score (nSPS) is 9.74. The first-order valence-electron chi connectivity index (χ1n) is 5.70. The molecule has 0 saturated heterocycles. The molecule has 1 aromatic rings. The lowest BCUT2D eigenvalue weighted by atomic mass is 10.3. The molecule has 0 atom stereocenters. The first-order valence-corrected chi connectivity index (χ1v) is 5.70. The lowest BCUT2D eigenvalue weighted by Crippen LogP contribution is -2.20. The van der Waals surface area contributed by atoms with E-state index in [2.05, 4.69) is 12.1 Å². The number of hydroxylamine groups is 1. The number of methoxy groups -OCH3 is 1. The summed E-state index contributed by atoms with van der Waals surface area (Å²) in [7, 11) is 1.60. The van der Waals surface area contributed by atoms with E-state index in [9.17, 15) is 4.79 Å². The highest BCUT2D eigenvalue weighted by Gasteiger charge is 2.02. The zero-order chi connectivity index (χ0) is 14.1. The van der Waals surface area contributed by atoms with Gasteiger partial charge in [-0.05, 0) is 24.3 Å².